The van der Waals surface area contributed by atoms with E-state index in [0.717, 1.165) is 11.1 Å². The summed E-state index contributed by atoms with van der Waals surface area (Å²) in [6.07, 6.45) is 7.56. The summed E-state index contributed by atoms with van der Waals surface area (Å²) in [6, 6.07) is 8.24. The van der Waals surface area contributed by atoms with Gasteiger partial charge in [0.1, 0.15) is 0 Å². The van der Waals surface area contributed by atoms with Crippen molar-refractivity contribution < 1.29 is 22.0 Å². The molecule has 0 N–H and O–H groups in total. The van der Waals surface area contributed by atoms with E-state index in [1.807, 2.05) is 45.4 Å². The summed E-state index contributed by atoms with van der Waals surface area (Å²) >= 11 is 0. The molecule has 1 aromatic heterocycles. The Morgan fingerprint density at radius 2 is 1.67 bits per heavy atom. The van der Waals surface area contributed by atoms with E-state index in [9.17, 15) is 9.59 Å². The first-order valence-electron chi connectivity index (χ1n) is 9.19. The normalized spacial score (nSPS) is 23.0. The molecule has 3 atom stereocenters. The Morgan fingerprint density at radius 1 is 1.07 bits per heavy atom. The number of imide groups is 1. The molecule has 4 rings (SSSR count). The molecule has 2 aromatic rings. The lowest BCUT2D eigenvalue weighted by atomic mass is 9.85. The average molecular weight is 387 g/mol. The van der Waals surface area contributed by atoms with E-state index in [2.05, 4.69) is 27.8 Å². The topological polar surface area (TPSA) is 45.6 Å². The van der Waals surface area contributed by atoms with Crippen LogP contribution < -0.4 is 12.4 Å². The van der Waals surface area contributed by atoms with E-state index in [-0.39, 0.29) is 42.1 Å². The van der Waals surface area contributed by atoms with Gasteiger partial charge in [-0.15, -0.1) is 0 Å². The quantitative estimate of drug-likeness (QED) is 0.537. The lowest BCUT2D eigenvalue weighted by molar-refractivity contribution is -0.140. The van der Waals surface area contributed by atoms with Crippen LogP contribution in [0.5, 0.6) is 0 Å². The first-order chi connectivity index (χ1) is 12.5. The van der Waals surface area contributed by atoms with Crippen molar-refractivity contribution in [2.24, 2.45) is 18.9 Å². The summed E-state index contributed by atoms with van der Waals surface area (Å²) in [5, 5.41) is 1.17. The fourth-order valence-corrected chi connectivity index (χ4v) is 4.40. The molecule has 2 heterocycles. The van der Waals surface area contributed by atoms with Crippen molar-refractivity contribution in [2.75, 3.05) is 20.6 Å². The largest absolute Gasteiger partial charge is 1.00 e. The van der Waals surface area contributed by atoms with Crippen LogP contribution in [-0.4, -0.2) is 46.8 Å². The SMILES string of the molecule is CN(C)C(CN1C(=O)C2CC=CCC2C1=O)c1cn(C)c2ccccc12.[Cl-]. The molecule has 3 unspecified atom stereocenters. The number of allylic oxidation sites excluding steroid dienone is 2. The number of benzene rings is 1. The number of para-hydroxylation sites is 1. The highest BCUT2D eigenvalue weighted by molar-refractivity contribution is 6.05. The van der Waals surface area contributed by atoms with Gasteiger partial charge in [-0.1, -0.05) is 30.4 Å². The third-order valence-electron chi connectivity index (χ3n) is 5.86. The van der Waals surface area contributed by atoms with Crippen molar-refractivity contribution in [1.82, 2.24) is 14.4 Å². The molecule has 2 aliphatic rings. The van der Waals surface area contributed by atoms with E-state index in [4.69, 9.17) is 0 Å². The summed E-state index contributed by atoms with van der Waals surface area (Å²) < 4.78 is 2.11. The molecule has 0 spiro atoms. The number of carbonyl (C=O) groups excluding carboxylic acids is 2. The summed E-state index contributed by atoms with van der Waals surface area (Å²) in [5.41, 5.74) is 2.31. The van der Waals surface area contributed by atoms with Gasteiger partial charge < -0.3 is 21.9 Å². The van der Waals surface area contributed by atoms with E-state index < -0.39 is 0 Å². The first-order valence-corrected chi connectivity index (χ1v) is 9.19. The van der Waals surface area contributed by atoms with Crippen LogP contribution in [0.25, 0.3) is 10.9 Å². The number of rotatable bonds is 4. The number of hydrogen-bond donors (Lipinski definition) is 0. The molecule has 5 nitrogen and oxygen atoms in total. The Morgan fingerprint density at radius 3 is 2.26 bits per heavy atom. The highest BCUT2D eigenvalue weighted by Crippen LogP contribution is 2.37. The van der Waals surface area contributed by atoms with Crippen LogP contribution in [-0.2, 0) is 16.6 Å². The molecule has 0 radical (unpaired) electrons. The molecule has 2 amide bonds. The minimum atomic E-state index is -0.164. The monoisotopic (exact) mass is 386 g/mol. The maximum Gasteiger partial charge on any atom is 0.233 e. The standard InChI is InChI=1S/C21H25N3O2.ClH/c1-22(2)19(17-12-23(3)18-11-7-6-8-14(17)18)13-24-20(25)15-9-4-5-10-16(15)21(24)26;/h4-8,11-12,15-16,19H,9-10,13H2,1-3H3;1H/p-1. The van der Waals surface area contributed by atoms with Crippen molar-refractivity contribution in [1.29, 1.82) is 0 Å². The summed E-state index contributed by atoms with van der Waals surface area (Å²) in [6.45, 7) is 0.408. The molecule has 144 valence electrons. The lowest BCUT2D eigenvalue weighted by Gasteiger charge is -2.28. The van der Waals surface area contributed by atoms with Gasteiger partial charge in [0.25, 0.3) is 0 Å². The number of carbonyl (C=O) groups is 2. The predicted molar refractivity (Wildman–Crippen MR) is 101 cm³/mol. The smallest absolute Gasteiger partial charge is 0.233 e. The van der Waals surface area contributed by atoms with Gasteiger partial charge in [-0.05, 0) is 38.6 Å². The van der Waals surface area contributed by atoms with E-state index in [0.29, 0.717) is 19.4 Å². The number of likely N-dealkylation sites (tertiary alicyclic amines) is 1. The van der Waals surface area contributed by atoms with Crippen molar-refractivity contribution in [2.45, 2.75) is 18.9 Å². The van der Waals surface area contributed by atoms with Crippen molar-refractivity contribution in [3.05, 3.63) is 48.2 Å². The lowest BCUT2D eigenvalue weighted by Crippen LogP contribution is -3.00. The fourth-order valence-electron chi connectivity index (χ4n) is 4.40. The van der Waals surface area contributed by atoms with Crippen LogP contribution in [0.15, 0.2) is 42.6 Å². The number of fused-ring (bicyclic) bond motifs is 2. The van der Waals surface area contributed by atoms with Crippen LogP contribution in [0, 0.1) is 11.8 Å². The van der Waals surface area contributed by atoms with Gasteiger partial charge >= 0.3 is 0 Å². The van der Waals surface area contributed by atoms with Gasteiger partial charge in [0, 0.05) is 30.7 Å². The third kappa shape index (κ3) is 3.19. The number of hydrogen-bond acceptors (Lipinski definition) is 3. The zero-order valence-electron chi connectivity index (χ0n) is 15.9. The summed E-state index contributed by atoms with van der Waals surface area (Å²) in [7, 11) is 6.04. The number of aromatic nitrogens is 1. The van der Waals surface area contributed by atoms with E-state index in [1.54, 1.807) is 0 Å². The molecule has 0 saturated carbocycles. The van der Waals surface area contributed by atoms with E-state index >= 15 is 0 Å². The number of amides is 2. The van der Waals surface area contributed by atoms with Gasteiger partial charge in [-0.2, -0.15) is 0 Å². The Hall–Kier alpha value is -2.11. The van der Waals surface area contributed by atoms with Crippen LogP contribution in [0.3, 0.4) is 0 Å². The zero-order valence-corrected chi connectivity index (χ0v) is 16.7. The molecule has 1 aliphatic carbocycles. The Kier molecular flexibility index (Phi) is 5.45. The number of likely N-dealkylation sites (N-methyl/N-ethyl adjacent to an activating group) is 1. The highest BCUT2D eigenvalue weighted by atomic mass is 35.5. The van der Waals surface area contributed by atoms with Crippen LogP contribution in [0.2, 0.25) is 0 Å². The molecular weight excluding hydrogens is 362 g/mol. The summed E-state index contributed by atoms with van der Waals surface area (Å²) in [4.78, 5) is 29.3. The van der Waals surface area contributed by atoms with Crippen molar-refractivity contribution in [3.8, 4) is 0 Å². The second kappa shape index (κ2) is 7.49. The van der Waals surface area contributed by atoms with Crippen LogP contribution >= 0.6 is 0 Å². The Balaban J connectivity index is 0.00000210. The minimum absolute atomic E-state index is 0. The minimum Gasteiger partial charge on any atom is -1.00 e. The third-order valence-corrected chi connectivity index (χ3v) is 5.86. The van der Waals surface area contributed by atoms with Crippen molar-refractivity contribution >= 4 is 22.7 Å². The van der Waals surface area contributed by atoms with Crippen molar-refractivity contribution in [3.63, 3.8) is 0 Å². The van der Waals surface area contributed by atoms with E-state index in [1.165, 1.54) is 10.3 Å². The molecule has 1 aliphatic heterocycles. The first kappa shape index (κ1) is 19.6. The number of nitrogens with zero attached hydrogens (tertiary/aromatic N) is 3. The molecule has 1 aromatic carbocycles. The molecule has 27 heavy (non-hydrogen) atoms. The van der Waals surface area contributed by atoms with Gasteiger partial charge in [0.05, 0.1) is 17.9 Å². The summed E-state index contributed by atoms with van der Waals surface area (Å²) in [5.74, 6) is -0.335. The highest BCUT2D eigenvalue weighted by Gasteiger charge is 2.47. The van der Waals surface area contributed by atoms with Crippen LogP contribution in [0.1, 0.15) is 24.4 Å². The molecule has 0 bridgehead atoms. The molecule has 1 saturated heterocycles. The second-order valence-corrected chi connectivity index (χ2v) is 7.63. The van der Waals surface area contributed by atoms with Gasteiger partial charge in [0.2, 0.25) is 11.8 Å². The zero-order chi connectivity index (χ0) is 18.4. The van der Waals surface area contributed by atoms with Gasteiger partial charge in [-0.25, -0.2) is 0 Å². The maximum atomic E-state index is 12.9. The predicted octanol–water partition coefficient (Wildman–Crippen LogP) is -0.264. The fraction of sp³-hybridized carbons (Fsp3) is 0.429. The number of halogens is 1. The molecule has 1 fully saturated rings. The maximum absolute atomic E-state index is 12.9. The Labute approximate surface area is 166 Å². The molecule has 6 heteroatoms. The van der Waals surface area contributed by atoms with Gasteiger partial charge in [0.15, 0.2) is 0 Å². The van der Waals surface area contributed by atoms with Gasteiger partial charge in [-0.3, -0.25) is 14.5 Å². The average Bonchev–Trinajstić information content (AvgIpc) is 3.09. The number of aryl methyl sites for hydroxylation is 1. The molecular formula is C21H25ClN3O2-. The van der Waals surface area contributed by atoms with Crippen LogP contribution in [0.4, 0.5) is 0 Å². The second-order valence-electron chi connectivity index (χ2n) is 7.63. The Bertz CT molecular complexity index is 876.